The van der Waals surface area contributed by atoms with Crippen molar-refractivity contribution >= 4 is 35.6 Å². The summed E-state index contributed by atoms with van der Waals surface area (Å²) in [6.45, 7) is 4.71. The number of carbonyl (C=O) groups excluding carboxylic acids is 1. The van der Waals surface area contributed by atoms with Crippen LogP contribution in [0.25, 0.3) is 0 Å². The Kier molecular flexibility index (Phi) is 9.38. The standard InChI is InChI=1S/C14H21ClN2O2.ClH/c1-10(2)19-13-7-6-11(9-12(13)15)17-14(18)5-4-8-16-3;/h6-7,9-10,16H,4-5,8H2,1-3H3,(H,17,18);1H. The molecule has 4 nitrogen and oxygen atoms in total. The van der Waals surface area contributed by atoms with Crippen molar-refractivity contribution in [2.45, 2.75) is 32.8 Å². The third-order valence-corrected chi connectivity index (χ3v) is 2.70. The van der Waals surface area contributed by atoms with Gasteiger partial charge in [0.15, 0.2) is 0 Å². The van der Waals surface area contributed by atoms with Gasteiger partial charge in [0, 0.05) is 12.1 Å². The molecule has 0 atom stereocenters. The number of nitrogens with one attached hydrogen (secondary N) is 2. The lowest BCUT2D eigenvalue weighted by Gasteiger charge is -2.12. The number of amides is 1. The highest BCUT2D eigenvalue weighted by molar-refractivity contribution is 6.32. The summed E-state index contributed by atoms with van der Waals surface area (Å²) in [7, 11) is 1.87. The molecule has 0 aliphatic rings. The maximum Gasteiger partial charge on any atom is 0.224 e. The predicted molar refractivity (Wildman–Crippen MR) is 86.3 cm³/mol. The summed E-state index contributed by atoms with van der Waals surface area (Å²) in [6, 6.07) is 5.26. The Hall–Kier alpha value is -0.970. The molecule has 0 saturated heterocycles. The van der Waals surface area contributed by atoms with E-state index in [2.05, 4.69) is 10.6 Å². The number of benzene rings is 1. The van der Waals surface area contributed by atoms with Crippen LogP contribution in [0, 0.1) is 0 Å². The van der Waals surface area contributed by atoms with E-state index in [1.54, 1.807) is 18.2 Å². The van der Waals surface area contributed by atoms with Crippen molar-refractivity contribution in [2.24, 2.45) is 0 Å². The summed E-state index contributed by atoms with van der Waals surface area (Å²) in [5.41, 5.74) is 0.690. The van der Waals surface area contributed by atoms with E-state index in [0.29, 0.717) is 22.9 Å². The van der Waals surface area contributed by atoms with Gasteiger partial charge in [-0.2, -0.15) is 0 Å². The minimum absolute atomic E-state index is 0. The van der Waals surface area contributed by atoms with Crippen LogP contribution in [0.5, 0.6) is 5.75 Å². The van der Waals surface area contributed by atoms with Gasteiger partial charge < -0.3 is 15.4 Å². The molecule has 20 heavy (non-hydrogen) atoms. The van der Waals surface area contributed by atoms with Crippen molar-refractivity contribution < 1.29 is 9.53 Å². The minimum atomic E-state index is -0.0103. The molecule has 6 heteroatoms. The fourth-order valence-electron chi connectivity index (χ4n) is 1.58. The van der Waals surface area contributed by atoms with E-state index in [1.807, 2.05) is 20.9 Å². The zero-order valence-corrected chi connectivity index (χ0v) is 13.6. The van der Waals surface area contributed by atoms with E-state index >= 15 is 0 Å². The fourth-order valence-corrected chi connectivity index (χ4v) is 1.80. The molecule has 0 aromatic heterocycles. The van der Waals surface area contributed by atoms with Gasteiger partial charge in [-0.3, -0.25) is 4.79 Å². The summed E-state index contributed by atoms with van der Waals surface area (Å²) in [5.74, 6) is 0.619. The Morgan fingerprint density at radius 1 is 1.40 bits per heavy atom. The van der Waals surface area contributed by atoms with E-state index < -0.39 is 0 Å². The fraction of sp³-hybridized carbons (Fsp3) is 0.500. The van der Waals surface area contributed by atoms with Gasteiger partial charge >= 0.3 is 0 Å². The molecule has 114 valence electrons. The average Bonchev–Trinajstić information content (AvgIpc) is 2.32. The highest BCUT2D eigenvalue weighted by atomic mass is 35.5. The lowest BCUT2D eigenvalue weighted by Crippen LogP contribution is -2.15. The van der Waals surface area contributed by atoms with E-state index in [9.17, 15) is 4.79 Å². The number of anilines is 1. The van der Waals surface area contributed by atoms with E-state index in [4.69, 9.17) is 16.3 Å². The second kappa shape index (κ2) is 9.86. The molecule has 2 N–H and O–H groups in total. The van der Waals surface area contributed by atoms with Crippen LogP contribution in [0.1, 0.15) is 26.7 Å². The highest BCUT2D eigenvalue weighted by Gasteiger charge is 2.07. The van der Waals surface area contributed by atoms with Gasteiger partial charge in [-0.1, -0.05) is 11.6 Å². The van der Waals surface area contributed by atoms with Gasteiger partial charge in [-0.05, 0) is 52.1 Å². The van der Waals surface area contributed by atoms with Crippen molar-refractivity contribution in [1.29, 1.82) is 0 Å². The van der Waals surface area contributed by atoms with Crippen molar-refractivity contribution in [1.82, 2.24) is 5.32 Å². The molecule has 0 aliphatic carbocycles. The molecular formula is C14H22Cl2N2O2. The molecule has 0 fully saturated rings. The smallest absolute Gasteiger partial charge is 0.224 e. The van der Waals surface area contributed by atoms with Gasteiger partial charge in [0.1, 0.15) is 5.75 Å². The van der Waals surface area contributed by atoms with Crippen molar-refractivity contribution in [2.75, 3.05) is 18.9 Å². The zero-order valence-electron chi connectivity index (χ0n) is 12.0. The first-order valence-corrected chi connectivity index (χ1v) is 6.81. The topological polar surface area (TPSA) is 50.4 Å². The first kappa shape index (κ1) is 19.0. The molecule has 0 saturated carbocycles. The van der Waals surface area contributed by atoms with Crippen LogP contribution in [0.3, 0.4) is 0 Å². The van der Waals surface area contributed by atoms with Crippen LogP contribution in [0.2, 0.25) is 5.02 Å². The molecule has 0 bridgehead atoms. The van der Waals surface area contributed by atoms with Crippen molar-refractivity contribution in [3.63, 3.8) is 0 Å². The monoisotopic (exact) mass is 320 g/mol. The Morgan fingerprint density at radius 2 is 2.10 bits per heavy atom. The van der Waals surface area contributed by atoms with Gasteiger partial charge in [-0.15, -0.1) is 12.4 Å². The van der Waals surface area contributed by atoms with Crippen molar-refractivity contribution in [3.05, 3.63) is 23.2 Å². The number of ether oxygens (including phenoxy) is 1. The second-order valence-electron chi connectivity index (χ2n) is 4.57. The summed E-state index contributed by atoms with van der Waals surface area (Å²) in [4.78, 5) is 11.6. The Morgan fingerprint density at radius 3 is 2.65 bits per heavy atom. The van der Waals surface area contributed by atoms with Gasteiger partial charge in [0.2, 0.25) is 5.91 Å². The largest absolute Gasteiger partial charge is 0.489 e. The van der Waals surface area contributed by atoms with Gasteiger partial charge in [0.25, 0.3) is 0 Å². The first-order valence-electron chi connectivity index (χ1n) is 6.43. The molecule has 0 aliphatic heterocycles. The van der Waals surface area contributed by atoms with E-state index in [1.165, 1.54) is 0 Å². The SMILES string of the molecule is CNCCCC(=O)Nc1ccc(OC(C)C)c(Cl)c1.Cl. The van der Waals surface area contributed by atoms with Crippen LogP contribution < -0.4 is 15.4 Å². The highest BCUT2D eigenvalue weighted by Crippen LogP contribution is 2.28. The van der Waals surface area contributed by atoms with Gasteiger partial charge in [0.05, 0.1) is 11.1 Å². The normalized spacial score (nSPS) is 10.1. The molecule has 0 heterocycles. The molecule has 0 radical (unpaired) electrons. The summed E-state index contributed by atoms with van der Waals surface area (Å²) in [5, 5.41) is 6.32. The minimum Gasteiger partial charge on any atom is -0.489 e. The van der Waals surface area contributed by atoms with Crippen LogP contribution in [-0.2, 0) is 4.79 Å². The summed E-state index contributed by atoms with van der Waals surface area (Å²) >= 11 is 6.10. The summed E-state index contributed by atoms with van der Waals surface area (Å²) in [6.07, 6.45) is 1.37. The zero-order chi connectivity index (χ0) is 14.3. The molecule has 0 unspecified atom stereocenters. The molecule has 1 aromatic rings. The number of carbonyl (C=O) groups is 1. The lowest BCUT2D eigenvalue weighted by atomic mass is 10.2. The Bertz CT molecular complexity index is 426. The average molecular weight is 321 g/mol. The number of hydrogen-bond acceptors (Lipinski definition) is 3. The number of hydrogen-bond donors (Lipinski definition) is 2. The second-order valence-corrected chi connectivity index (χ2v) is 4.97. The maximum atomic E-state index is 11.6. The number of halogens is 2. The lowest BCUT2D eigenvalue weighted by molar-refractivity contribution is -0.116. The molecule has 1 aromatic carbocycles. The van der Waals surface area contributed by atoms with E-state index in [0.717, 1.165) is 13.0 Å². The molecule has 1 rings (SSSR count). The predicted octanol–water partition coefficient (Wildman–Crippen LogP) is 3.49. The number of rotatable bonds is 7. The quantitative estimate of drug-likeness (QED) is 0.756. The molecule has 0 spiro atoms. The van der Waals surface area contributed by atoms with Crippen LogP contribution >= 0.6 is 24.0 Å². The third-order valence-electron chi connectivity index (χ3n) is 2.41. The molecular weight excluding hydrogens is 299 g/mol. The summed E-state index contributed by atoms with van der Waals surface area (Å²) < 4.78 is 5.53. The van der Waals surface area contributed by atoms with Crippen molar-refractivity contribution in [3.8, 4) is 5.75 Å². The van der Waals surface area contributed by atoms with E-state index in [-0.39, 0.29) is 24.4 Å². The van der Waals surface area contributed by atoms with Gasteiger partial charge in [-0.25, -0.2) is 0 Å². The maximum absolute atomic E-state index is 11.6. The van der Waals surface area contributed by atoms with Crippen LogP contribution in [0.15, 0.2) is 18.2 Å². The van der Waals surface area contributed by atoms with Crippen LogP contribution in [0.4, 0.5) is 5.69 Å². The third kappa shape index (κ3) is 6.98. The Balaban J connectivity index is 0.00000361. The molecule has 1 amide bonds. The first-order chi connectivity index (χ1) is 9.02. The Labute approximate surface area is 131 Å². The van der Waals surface area contributed by atoms with Crippen LogP contribution in [-0.4, -0.2) is 25.6 Å².